The number of nitrogens with zero attached hydrogens (tertiary/aromatic N) is 4. The number of aromatic nitrogens is 3. The first kappa shape index (κ1) is 19.6. The van der Waals surface area contributed by atoms with Crippen molar-refractivity contribution in [2.75, 3.05) is 5.32 Å². The molecule has 0 saturated carbocycles. The van der Waals surface area contributed by atoms with Crippen LogP contribution in [-0.4, -0.2) is 32.9 Å². The van der Waals surface area contributed by atoms with Crippen LogP contribution in [0, 0.1) is 11.6 Å². The number of amides is 1. The van der Waals surface area contributed by atoms with Gasteiger partial charge >= 0.3 is 0 Å². The molecule has 2 aromatic heterocycles. The number of pyridine rings is 1. The van der Waals surface area contributed by atoms with Crippen LogP contribution in [0.15, 0.2) is 53.8 Å². The van der Waals surface area contributed by atoms with Crippen LogP contribution in [0.25, 0.3) is 0 Å². The molecule has 0 fully saturated rings. The number of benzene rings is 1. The number of nitrogens with two attached hydrogens (primary N) is 1. The van der Waals surface area contributed by atoms with E-state index in [1.54, 1.807) is 0 Å². The highest BCUT2D eigenvalue weighted by molar-refractivity contribution is 6.02. The van der Waals surface area contributed by atoms with Crippen molar-refractivity contribution in [3.8, 4) is 0 Å². The minimum Gasteiger partial charge on any atom is -0.382 e. The molecule has 0 unspecified atom stereocenters. The van der Waals surface area contributed by atoms with Crippen molar-refractivity contribution in [2.45, 2.75) is 18.5 Å². The van der Waals surface area contributed by atoms with Crippen molar-refractivity contribution in [3.05, 3.63) is 77.4 Å². The smallest absolute Gasteiger partial charge is 0.274 e. The second kappa shape index (κ2) is 7.25. The lowest BCUT2D eigenvalue weighted by molar-refractivity contribution is 0.0364. The van der Waals surface area contributed by atoms with Crippen LogP contribution in [0.2, 0.25) is 0 Å². The normalized spacial score (nSPS) is 18.1. The van der Waals surface area contributed by atoms with Gasteiger partial charge in [-0.2, -0.15) is 5.10 Å². The summed E-state index contributed by atoms with van der Waals surface area (Å²) in [5.74, 6) is -2.50. The molecule has 3 N–H and O–H groups in total. The Morgan fingerprint density at radius 3 is 2.70 bits per heavy atom. The van der Waals surface area contributed by atoms with Gasteiger partial charge in [0, 0.05) is 17.4 Å². The molecule has 0 bridgehead atoms. The van der Waals surface area contributed by atoms with Gasteiger partial charge < -0.3 is 11.1 Å². The molecule has 11 heteroatoms. The van der Waals surface area contributed by atoms with E-state index in [2.05, 4.69) is 20.4 Å². The van der Waals surface area contributed by atoms with E-state index < -0.39 is 41.6 Å². The highest BCUT2D eigenvalue weighted by Gasteiger charge is 2.47. The number of rotatable bonds is 4. The molecule has 0 aliphatic carbocycles. The Balaban J connectivity index is 1.72. The molecule has 154 valence electrons. The standard InChI is InChI=1S/C19H14F4N6O/c20-10-1-4-14(25-8-10)17(30)27-11-2-3-13(21)12(7-11)19(18(22)23)9-29-15(5-6-26-29)16(24)28-19/h1-8,18H,9H2,(H2,24,28)(H,27,30)/t19-/m0/s1. The maximum absolute atomic E-state index is 14.7. The van der Waals surface area contributed by atoms with Gasteiger partial charge in [-0.1, -0.05) is 0 Å². The third-order valence-electron chi connectivity index (χ3n) is 4.70. The molecule has 1 aliphatic rings. The quantitative estimate of drug-likeness (QED) is 0.637. The Morgan fingerprint density at radius 1 is 1.20 bits per heavy atom. The van der Waals surface area contributed by atoms with E-state index >= 15 is 0 Å². The summed E-state index contributed by atoms with van der Waals surface area (Å²) in [4.78, 5) is 19.9. The zero-order valence-corrected chi connectivity index (χ0v) is 15.2. The van der Waals surface area contributed by atoms with Crippen molar-refractivity contribution >= 4 is 17.4 Å². The Labute approximate surface area is 167 Å². The largest absolute Gasteiger partial charge is 0.382 e. The predicted octanol–water partition coefficient (Wildman–Crippen LogP) is 2.69. The molecule has 1 amide bonds. The molecule has 3 aromatic rings. The topological polar surface area (TPSA) is 98.2 Å². The highest BCUT2D eigenvalue weighted by Crippen LogP contribution is 2.39. The Hall–Kier alpha value is -3.76. The number of fused-ring (bicyclic) bond motifs is 1. The molecule has 1 aromatic carbocycles. The summed E-state index contributed by atoms with van der Waals surface area (Å²) in [6.07, 6.45) is -0.882. The first-order valence-corrected chi connectivity index (χ1v) is 8.69. The lowest BCUT2D eigenvalue weighted by atomic mass is 9.88. The van der Waals surface area contributed by atoms with Crippen LogP contribution >= 0.6 is 0 Å². The minimum atomic E-state index is -3.12. The van der Waals surface area contributed by atoms with Crippen molar-refractivity contribution in [3.63, 3.8) is 0 Å². The third-order valence-corrected chi connectivity index (χ3v) is 4.70. The van der Waals surface area contributed by atoms with Gasteiger partial charge in [-0.25, -0.2) is 27.5 Å². The van der Waals surface area contributed by atoms with Gasteiger partial charge in [-0.15, -0.1) is 0 Å². The summed E-state index contributed by atoms with van der Waals surface area (Å²) >= 11 is 0. The molecule has 1 atom stereocenters. The van der Waals surface area contributed by atoms with E-state index in [0.717, 1.165) is 30.5 Å². The number of carbonyl (C=O) groups excluding carboxylic acids is 1. The summed E-state index contributed by atoms with van der Waals surface area (Å²) in [5.41, 5.74) is 3.31. The molecule has 30 heavy (non-hydrogen) atoms. The zero-order valence-electron chi connectivity index (χ0n) is 15.2. The Kier molecular flexibility index (Phi) is 4.72. The number of halogens is 4. The average molecular weight is 418 g/mol. The Morgan fingerprint density at radius 2 is 2.00 bits per heavy atom. The van der Waals surface area contributed by atoms with Gasteiger partial charge in [0.2, 0.25) is 0 Å². The fraction of sp³-hybridized carbons (Fsp3) is 0.158. The number of amidine groups is 1. The molecule has 4 rings (SSSR count). The Bertz CT molecular complexity index is 1140. The van der Waals surface area contributed by atoms with Gasteiger partial charge in [0.25, 0.3) is 12.3 Å². The van der Waals surface area contributed by atoms with Gasteiger partial charge in [-0.3, -0.25) is 9.48 Å². The first-order chi connectivity index (χ1) is 14.3. The van der Waals surface area contributed by atoms with Crippen molar-refractivity contribution in [2.24, 2.45) is 10.7 Å². The monoisotopic (exact) mass is 418 g/mol. The molecule has 0 spiro atoms. The molecule has 7 nitrogen and oxygen atoms in total. The highest BCUT2D eigenvalue weighted by atomic mass is 19.3. The summed E-state index contributed by atoms with van der Waals surface area (Å²) < 4.78 is 57.3. The minimum absolute atomic E-state index is 0.0302. The number of hydrogen-bond acceptors (Lipinski definition) is 5. The van der Waals surface area contributed by atoms with E-state index in [0.29, 0.717) is 5.69 Å². The lowest BCUT2D eigenvalue weighted by Crippen LogP contribution is -2.45. The van der Waals surface area contributed by atoms with Crippen LogP contribution in [0.1, 0.15) is 21.7 Å². The van der Waals surface area contributed by atoms with Crippen LogP contribution in [0.4, 0.5) is 23.2 Å². The second-order valence-electron chi connectivity index (χ2n) is 6.61. The second-order valence-corrected chi connectivity index (χ2v) is 6.61. The van der Waals surface area contributed by atoms with E-state index in [1.165, 1.54) is 23.0 Å². The van der Waals surface area contributed by atoms with Crippen molar-refractivity contribution in [1.29, 1.82) is 0 Å². The lowest BCUT2D eigenvalue weighted by Gasteiger charge is -2.34. The SMILES string of the molecule is NC1=N[C@@](c2cc(NC(=O)c3ccc(F)cn3)ccc2F)(C(F)F)Cn2nccc21. The van der Waals surface area contributed by atoms with Gasteiger partial charge in [-0.05, 0) is 36.4 Å². The number of hydrogen-bond donors (Lipinski definition) is 2. The molecular weight excluding hydrogens is 404 g/mol. The van der Waals surface area contributed by atoms with Crippen molar-refractivity contribution in [1.82, 2.24) is 14.8 Å². The predicted molar refractivity (Wildman–Crippen MR) is 99.2 cm³/mol. The number of aliphatic imine (C=N–C) groups is 1. The van der Waals surface area contributed by atoms with Crippen LogP contribution in [0.5, 0.6) is 0 Å². The van der Waals surface area contributed by atoms with Crippen LogP contribution < -0.4 is 11.1 Å². The molecule has 3 heterocycles. The average Bonchev–Trinajstić information content (AvgIpc) is 3.18. The third kappa shape index (κ3) is 3.27. The van der Waals surface area contributed by atoms with E-state index in [1.807, 2.05) is 0 Å². The van der Waals surface area contributed by atoms with Gasteiger partial charge in [0.05, 0.1) is 12.7 Å². The van der Waals surface area contributed by atoms with E-state index in [-0.39, 0.29) is 17.2 Å². The number of nitrogens with one attached hydrogen (secondary N) is 1. The summed E-state index contributed by atoms with van der Waals surface area (Å²) in [6.45, 7) is -0.443. The fourth-order valence-electron chi connectivity index (χ4n) is 3.23. The number of alkyl halides is 2. The van der Waals surface area contributed by atoms with Gasteiger partial charge in [0.15, 0.2) is 5.54 Å². The number of anilines is 1. The summed E-state index contributed by atoms with van der Waals surface area (Å²) in [5, 5.41) is 6.38. The van der Waals surface area contributed by atoms with E-state index in [4.69, 9.17) is 5.73 Å². The maximum atomic E-state index is 14.7. The van der Waals surface area contributed by atoms with Gasteiger partial charge in [0.1, 0.15) is 28.9 Å². The molecule has 0 radical (unpaired) electrons. The number of carbonyl (C=O) groups is 1. The molecular formula is C19H14F4N6O. The zero-order chi connectivity index (χ0) is 21.5. The van der Waals surface area contributed by atoms with Crippen LogP contribution in [0.3, 0.4) is 0 Å². The summed E-state index contributed by atoms with van der Waals surface area (Å²) in [7, 11) is 0. The van der Waals surface area contributed by atoms with Crippen molar-refractivity contribution < 1.29 is 22.4 Å². The van der Waals surface area contributed by atoms with E-state index in [9.17, 15) is 22.4 Å². The molecule has 1 aliphatic heterocycles. The molecule has 0 saturated heterocycles. The maximum Gasteiger partial charge on any atom is 0.274 e. The van der Waals surface area contributed by atoms with Crippen LogP contribution in [-0.2, 0) is 12.1 Å². The fourth-order valence-corrected chi connectivity index (χ4v) is 3.23. The first-order valence-electron chi connectivity index (χ1n) is 8.69. The summed E-state index contributed by atoms with van der Waals surface area (Å²) in [6, 6.07) is 6.92.